The molecule has 2 saturated carbocycles. The molecule has 2 heteroatoms. The van der Waals surface area contributed by atoms with Crippen molar-refractivity contribution in [2.45, 2.75) is 63.8 Å². The summed E-state index contributed by atoms with van der Waals surface area (Å²) in [5.74, 6) is 1.90. The first-order valence-electron chi connectivity index (χ1n) is 11.2. The minimum atomic E-state index is 0.342. The van der Waals surface area contributed by atoms with Crippen LogP contribution in [0.4, 0.5) is 0 Å². The Labute approximate surface area is 169 Å². The number of carbonyl (C=O) groups is 1. The van der Waals surface area contributed by atoms with Crippen LogP contribution in [0.25, 0.3) is 0 Å². The Bertz CT molecular complexity index is 833. The second kappa shape index (κ2) is 6.99. The first-order chi connectivity index (χ1) is 13.6. The lowest BCUT2D eigenvalue weighted by Crippen LogP contribution is -2.50. The third kappa shape index (κ3) is 2.92. The number of allylic oxidation sites excluding steroid dienone is 3. The van der Waals surface area contributed by atoms with Crippen LogP contribution in [-0.4, -0.2) is 30.8 Å². The number of benzene rings is 1. The maximum atomic E-state index is 12.0. The first kappa shape index (κ1) is 18.4. The number of nitrogens with zero attached hydrogens (tertiary/aromatic N) is 1. The fourth-order valence-electron chi connectivity index (χ4n) is 7.17. The molecule has 2 fully saturated rings. The van der Waals surface area contributed by atoms with E-state index in [4.69, 9.17) is 0 Å². The summed E-state index contributed by atoms with van der Waals surface area (Å²) in [6.45, 7) is 0. The fourth-order valence-corrected chi connectivity index (χ4v) is 7.17. The molecule has 0 unspecified atom stereocenters. The number of rotatable bonds is 3. The molecule has 0 bridgehead atoms. The summed E-state index contributed by atoms with van der Waals surface area (Å²) in [5.41, 5.74) is 6.66. The molecule has 0 heterocycles. The van der Waals surface area contributed by atoms with Gasteiger partial charge in [0.05, 0.1) is 0 Å². The summed E-state index contributed by atoms with van der Waals surface area (Å²) < 4.78 is 0. The van der Waals surface area contributed by atoms with Crippen LogP contribution in [0.1, 0.15) is 56.9 Å². The third-order valence-electron chi connectivity index (χ3n) is 8.26. The van der Waals surface area contributed by atoms with Crippen LogP contribution in [0.3, 0.4) is 0 Å². The molecule has 4 aliphatic rings. The number of carbonyl (C=O) groups excluding carboxylic acids is 1. The quantitative estimate of drug-likeness (QED) is 0.710. The topological polar surface area (TPSA) is 20.3 Å². The maximum absolute atomic E-state index is 12.0. The zero-order valence-corrected chi connectivity index (χ0v) is 17.4. The van der Waals surface area contributed by atoms with E-state index in [0.29, 0.717) is 17.2 Å². The standard InChI is InChI=1S/C26H33NO/c1-27(2)24-17-26(16-18-7-4-3-5-8-18)14-6-9-23(26)22-12-10-19-15-20(28)11-13-21(19)25(22)24/h3-5,7-8,15,22-24H,6,9-14,16-17H2,1-2H3/t22-,23-,24-,26+/m0/s1. The lowest BCUT2D eigenvalue weighted by atomic mass is 9.54. The van der Waals surface area contributed by atoms with Gasteiger partial charge in [-0.05, 0) is 105 Å². The molecule has 0 spiro atoms. The predicted octanol–water partition coefficient (Wildman–Crippen LogP) is 5.35. The van der Waals surface area contributed by atoms with E-state index >= 15 is 0 Å². The molecular weight excluding hydrogens is 342 g/mol. The van der Waals surface area contributed by atoms with Gasteiger partial charge >= 0.3 is 0 Å². The van der Waals surface area contributed by atoms with Gasteiger partial charge in [0.1, 0.15) is 0 Å². The van der Waals surface area contributed by atoms with Crippen molar-refractivity contribution in [3.63, 3.8) is 0 Å². The second-order valence-corrected chi connectivity index (χ2v) is 9.92. The molecule has 0 N–H and O–H groups in total. The Balaban J connectivity index is 1.58. The zero-order chi connectivity index (χ0) is 19.3. The van der Waals surface area contributed by atoms with Crippen molar-refractivity contribution in [2.24, 2.45) is 17.3 Å². The van der Waals surface area contributed by atoms with Crippen LogP contribution in [-0.2, 0) is 11.2 Å². The molecule has 0 saturated heterocycles. The zero-order valence-electron chi connectivity index (χ0n) is 17.4. The number of likely N-dealkylation sites (N-methyl/N-ethyl adjacent to an activating group) is 1. The molecule has 0 aliphatic heterocycles. The SMILES string of the molecule is CN(C)[C@H]1C[C@]2(Cc3ccccc3)CCC[C@H]2[C@@H]2CCC3=CC(=O)CCC3=C21. The van der Waals surface area contributed by atoms with Crippen LogP contribution < -0.4 is 0 Å². The Morgan fingerprint density at radius 3 is 2.68 bits per heavy atom. The molecule has 0 radical (unpaired) electrons. The van der Waals surface area contributed by atoms with Gasteiger partial charge in [-0.25, -0.2) is 0 Å². The smallest absolute Gasteiger partial charge is 0.156 e. The minimum Gasteiger partial charge on any atom is -0.303 e. The molecular formula is C26H33NO. The number of hydrogen-bond acceptors (Lipinski definition) is 2. The highest BCUT2D eigenvalue weighted by Gasteiger charge is 2.54. The van der Waals surface area contributed by atoms with E-state index in [1.807, 2.05) is 6.08 Å². The van der Waals surface area contributed by atoms with Crippen LogP contribution in [0.15, 0.2) is 53.1 Å². The van der Waals surface area contributed by atoms with E-state index < -0.39 is 0 Å². The molecule has 0 amide bonds. The van der Waals surface area contributed by atoms with Gasteiger partial charge < -0.3 is 4.90 Å². The Kier molecular flexibility index (Phi) is 4.58. The molecule has 4 atom stereocenters. The van der Waals surface area contributed by atoms with Gasteiger partial charge in [-0.3, -0.25) is 4.79 Å². The van der Waals surface area contributed by atoms with E-state index in [2.05, 4.69) is 49.3 Å². The average Bonchev–Trinajstić information content (AvgIpc) is 3.11. The van der Waals surface area contributed by atoms with Gasteiger partial charge in [0.25, 0.3) is 0 Å². The normalized spacial score (nSPS) is 34.8. The molecule has 5 rings (SSSR count). The Morgan fingerprint density at radius 2 is 1.89 bits per heavy atom. The maximum Gasteiger partial charge on any atom is 0.156 e. The van der Waals surface area contributed by atoms with Crippen molar-refractivity contribution in [1.82, 2.24) is 4.90 Å². The summed E-state index contributed by atoms with van der Waals surface area (Å²) in [6.07, 6.45) is 12.8. The lowest BCUT2D eigenvalue weighted by molar-refractivity contribution is -0.114. The van der Waals surface area contributed by atoms with Crippen molar-refractivity contribution in [2.75, 3.05) is 14.1 Å². The highest BCUT2D eigenvalue weighted by atomic mass is 16.1. The third-order valence-corrected chi connectivity index (χ3v) is 8.26. The summed E-state index contributed by atoms with van der Waals surface area (Å²) in [5, 5.41) is 0. The lowest BCUT2D eigenvalue weighted by Gasteiger charge is -2.54. The number of fused-ring (bicyclic) bond motifs is 4. The van der Waals surface area contributed by atoms with Gasteiger partial charge in [-0.2, -0.15) is 0 Å². The van der Waals surface area contributed by atoms with Gasteiger partial charge in [0, 0.05) is 12.5 Å². The van der Waals surface area contributed by atoms with Gasteiger partial charge in [-0.15, -0.1) is 0 Å². The minimum absolute atomic E-state index is 0.342. The average molecular weight is 376 g/mol. The Hall–Kier alpha value is -1.67. The van der Waals surface area contributed by atoms with E-state index in [9.17, 15) is 4.79 Å². The van der Waals surface area contributed by atoms with Crippen LogP contribution in [0, 0.1) is 17.3 Å². The largest absolute Gasteiger partial charge is 0.303 e. The molecule has 4 aliphatic carbocycles. The second-order valence-electron chi connectivity index (χ2n) is 9.92. The highest BCUT2D eigenvalue weighted by Crippen LogP contribution is 2.61. The fraction of sp³-hybridized carbons (Fsp3) is 0.577. The van der Waals surface area contributed by atoms with Crippen molar-refractivity contribution < 1.29 is 4.79 Å². The van der Waals surface area contributed by atoms with Gasteiger partial charge in [0.15, 0.2) is 5.78 Å². The summed E-state index contributed by atoms with van der Waals surface area (Å²) in [7, 11) is 4.54. The molecule has 1 aromatic rings. The van der Waals surface area contributed by atoms with E-state index in [0.717, 1.165) is 31.1 Å². The van der Waals surface area contributed by atoms with Crippen molar-refractivity contribution in [3.05, 3.63) is 58.7 Å². The molecule has 1 aromatic carbocycles. The Morgan fingerprint density at radius 1 is 1.07 bits per heavy atom. The van der Waals surface area contributed by atoms with Crippen LogP contribution >= 0.6 is 0 Å². The van der Waals surface area contributed by atoms with Gasteiger partial charge in [0.2, 0.25) is 0 Å². The first-order valence-corrected chi connectivity index (χ1v) is 11.2. The van der Waals surface area contributed by atoms with Crippen molar-refractivity contribution in [1.29, 1.82) is 0 Å². The summed E-state index contributed by atoms with van der Waals surface area (Å²) >= 11 is 0. The van der Waals surface area contributed by atoms with E-state index in [-0.39, 0.29) is 0 Å². The summed E-state index contributed by atoms with van der Waals surface area (Å²) in [6, 6.07) is 11.7. The van der Waals surface area contributed by atoms with Crippen LogP contribution in [0.2, 0.25) is 0 Å². The van der Waals surface area contributed by atoms with E-state index in [1.54, 1.807) is 11.1 Å². The van der Waals surface area contributed by atoms with Crippen molar-refractivity contribution in [3.8, 4) is 0 Å². The predicted molar refractivity (Wildman–Crippen MR) is 114 cm³/mol. The number of ketones is 1. The molecule has 28 heavy (non-hydrogen) atoms. The number of hydrogen-bond donors (Lipinski definition) is 0. The molecule has 2 nitrogen and oxygen atoms in total. The summed E-state index contributed by atoms with van der Waals surface area (Å²) in [4.78, 5) is 14.5. The molecule has 0 aromatic heterocycles. The van der Waals surface area contributed by atoms with Crippen LogP contribution in [0.5, 0.6) is 0 Å². The monoisotopic (exact) mass is 375 g/mol. The highest BCUT2D eigenvalue weighted by molar-refractivity contribution is 5.93. The molecule has 148 valence electrons. The van der Waals surface area contributed by atoms with E-state index in [1.165, 1.54) is 49.7 Å². The van der Waals surface area contributed by atoms with Crippen molar-refractivity contribution >= 4 is 5.78 Å². The van der Waals surface area contributed by atoms with Gasteiger partial charge in [-0.1, -0.05) is 36.8 Å².